The summed E-state index contributed by atoms with van der Waals surface area (Å²) in [6.45, 7) is 24.5. The van der Waals surface area contributed by atoms with Gasteiger partial charge in [-0.3, -0.25) is 0 Å². The molecule has 0 amide bonds. The minimum Gasteiger partial charge on any atom is -0.355 e. The Morgan fingerprint density at radius 3 is 1.40 bits per heavy atom. The van der Waals surface area contributed by atoms with Crippen molar-refractivity contribution < 1.29 is 0 Å². The molecule has 118 valence electrons. The SMILES string of the molecule is C=C(C)CC(C)(C)C.CC(C)(C)C.CCn1cccc1. The molecule has 0 aliphatic heterocycles. The van der Waals surface area contributed by atoms with Crippen LogP contribution in [-0.2, 0) is 6.54 Å². The Bertz CT molecular complexity index is 325. The third-order valence-electron chi connectivity index (χ3n) is 1.86. The smallest absolute Gasteiger partial charge is 0.0191 e. The molecular weight excluding hydrogens is 242 g/mol. The first-order chi connectivity index (χ1) is 8.85. The van der Waals surface area contributed by atoms with Crippen LogP contribution in [0.25, 0.3) is 0 Å². The number of allylic oxidation sites excluding steroid dienone is 1. The van der Waals surface area contributed by atoms with Crippen molar-refractivity contribution in [1.29, 1.82) is 0 Å². The van der Waals surface area contributed by atoms with Gasteiger partial charge in [0.25, 0.3) is 0 Å². The van der Waals surface area contributed by atoms with Crippen molar-refractivity contribution in [2.75, 3.05) is 0 Å². The van der Waals surface area contributed by atoms with E-state index >= 15 is 0 Å². The molecule has 1 nitrogen and oxygen atoms in total. The molecule has 1 rings (SSSR count). The monoisotopic (exact) mass is 279 g/mol. The second kappa shape index (κ2) is 9.85. The number of aryl methyl sites for hydroxylation is 1. The van der Waals surface area contributed by atoms with Crippen LogP contribution >= 0.6 is 0 Å². The van der Waals surface area contributed by atoms with Crippen LogP contribution in [-0.4, -0.2) is 4.57 Å². The molecule has 0 spiro atoms. The third-order valence-corrected chi connectivity index (χ3v) is 1.86. The van der Waals surface area contributed by atoms with E-state index in [1.165, 1.54) is 5.57 Å². The molecule has 1 aromatic heterocycles. The summed E-state index contributed by atoms with van der Waals surface area (Å²) in [4.78, 5) is 0. The van der Waals surface area contributed by atoms with Gasteiger partial charge < -0.3 is 4.57 Å². The van der Waals surface area contributed by atoms with Gasteiger partial charge >= 0.3 is 0 Å². The normalized spacial score (nSPS) is 10.8. The van der Waals surface area contributed by atoms with Gasteiger partial charge in [0, 0.05) is 18.9 Å². The molecular formula is C19H37N. The third kappa shape index (κ3) is 25.8. The van der Waals surface area contributed by atoms with Crippen LogP contribution in [0.3, 0.4) is 0 Å². The minimum atomic E-state index is 0.422. The second-order valence-corrected chi connectivity index (χ2v) is 8.21. The van der Waals surface area contributed by atoms with Crippen molar-refractivity contribution in [1.82, 2.24) is 4.57 Å². The van der Waals surface area contributed by atoms with Crippen LogP contribution < -0.4 is 0 Å². The summed E-state index contributed by atoms with van der Waals surface area (Å²) in [7, 11) is 0. The van der Waals surface area contributed by atoms with Crippen LogP contribution in [0.15, 0.2) is 36.7 Å². The Morgan fingerprint density at radius 1 is 0.950 bits per heavy atom. The van der Waals surface area contributed by atoms with Crippen LogP contribution in [0.1, 0.15) is 68.7 Å². The van der Waals surface area contributed by atoms with E-state index in [9.17, 15) is 0 Å². The molecule has 1 heterocycles. The van der Waals surface area contributed by atoms with Gasteiger partial charge in [-0.1, -0.05) is 54.0 Å². The van der Waals surface area contributed by atoms with Crippen LogP contribution in [0.5, 0.6) is 0 Å². The lowest BCUT2D eigenvalue weighted by Crippen LogP contribution is -2.03. The molecule has 0 unspecified atom stereocenters. The van der Waals surface area contributed by atoms with Gasteiger partial charge in [-0.25, -0.2) is 0 Å². The first kappa shape index (κ1) is 21.3. The quantitative estimate of drug-likeness (QED) is 0.540. The number of nitrogens with zero attached hydrogens (tertiary/aromatic N) is 1. The molecule has 0 aliphatic rings. The maximum absolute atomic E-state index is 3.84. The van der Waals surface area contributed by atoms with Crippen molar-refractivity contribution >= 4 is 0 Å². The minimum absolute atomic E-state index is 0.422. The van der Waals surface area contributed by atoms with Gasteiger partial charge in [0.2, 0.25) is 0 Å². The summed E-state index contributed by atoms with van der Waals surface area (Å²) >= 11 is 0. The summed E-state index contributed by atoms with van der Waals surface area (Å²) in [5, 5.41) is 0. The zero-order valence-electron chi connectivity index (χ0n) is 15.4. The largest absolute Gasteiger partial charge is 0.355 e. The van der Waals surface area contributed by atoms with Gasteiger partial charge in [0.05, 0.1) is 0 Å². The van der Waals surface area contributed by atoms with Gasteiger partial charge in [-0.2, -0.15) is 0 Å². The fourth-order valence-electron chi connectivity index (χ4n) is 1.49. The molecule has 0 aromatic carbocycles. The second-order valence-electron chi connectivity index (χ2n) is 8.21. The van der Waals surface area contributed by atoms with E-state index in [1.54, 1.807) is 0 Å². The molecule has 1 heteroatoms. The molecule has 0 saturated carbocycles. The van der Waals surface area contributed by atoms with E-state index in [-0.39, 0.29) is 0 Å². The van der Waals surface area contributed by atoms with Crippen LogP contribution in [0.2, 0.25) is 0 Å². The summed E-state index contributed by atoms with van der Waals surface area (Å²) in [5.41, 5.74) is 2.20. The van der Waals surface area contributed by atoms with Gasteiger partial charge in [-0.05, 0) is 43.2 Å². The molecule has 0 atom stereocenters. The Hall–Kier alpha value is -0.980. The maximum atomic E-state index is 3.84. The summed E-state index contributed by atoms with van der Waals surface area (Å²) in [6, 6.07) is 4.06. The predicted octanol–water partition coefficient (Wildman–Crippen LogP) is 6.56. The topological polar surface area (TPSA) is 4.93 Å². The first-order valence-corrected chi connectivity index (χ1v) is 7.60. The highest BCUT2D eigenvalue weighted by atomic mass is 14.9. The van der Waals surface area contributed by atoms with Crippen molar-refractivity contribution in [3.05, 3.63) is 36.7 Å². The molecule has 0 fully saturated rings. The van der Waals surface area contributed by atoms with E-state index in [0.29, 0.717) is 10.8 Å². The Balaban J connectivity index is 0. The zero-order chi connectivity index (χ0) is 16.4. The fraction of sp³-hybridized carbons (Fsp3) is 0.684. The standard InChI is InChI=1S/C8H16.C6H9N.C5H12/c1-7(2)6-8(3,4)5;1-2-7-5-3-4-6-7;1-5(2,3)4/h1,6H2,2-5H3;3-6H,2H2,1H3;1-4H3. The molecule has 0 N–H and O–H groups in total. The van der Waals surface area contributed by atoms with Crippen molar-refractivity contribution in [2.45, 2.75) is 75.3 Å². The Labute approximate surface area is 128 Å². The van der Waals surface area contributed by atoms with Gasteiger partial charge in [0.1, 0.15) is 0 Å². The summed E-state index contributed by atoms with van der Waals surface area (Å²) in [6.07, 6.45) is 5.24. The average molecular weight is 280 g/mol. The summed E-state index contributed by atoms with van der Waals surface area (Å²) in [5.74, 6) is 0. The highest BCUT2D eigenvalue weighted by Crippen LogP contribution is 2.22. The van der Waals surface area contributed by atoms with Gasteiger partial charge in [0.15, 0.2) is 0 Å². The molecule has 0 saturated heterocycles. The average Bonchev–Trinajstić information content (AvgIpc) is 2.63. The van der Waals surface area contributed by atoms with Crippen molar-refractivity contribution in [3.63, 3.8) is 0 Å². The molecule has 0 radical (unpaired) electrons. The molecule has 0 aliphatic carbocycles. The first-order valence-electron chi connectivity index (χ1n) is 7.60. The van der Waals surface area contributed by atoms with Gasteiger partial charge in [-0.15, -0.1) is 6.58 Å². The number of aromatic nitrogens is 1. The number of rotatable bonds is 2. The number of hydrogen-bond acceptors (Lipinski definition) is 0. The predicted molar refractivity (Wildman–Crippen MR) is 94.1 cm³/mol. The zero-order valence-corrected chi connectivity index (χ0v) is 15.4. The van der Waals surface area contributed by atoms with Crippen molar-refractivity contribution in [2.24, 2.45) is 10.8 Å². The molecule has 0 bridgehead atoms. The van der Waals surface area contributed by atoms with E-state index in [4.69, 9.17) is 0 Å². The fourth-order valence-corrected chi connectivity index (χ4v) is 1.49. The molecule has 1 aromatic rings. The Morgan fingerprint density at radius 2 is 1.30 bits per heavy atom. The van der Waals surface area contributed by atoms with E-state index in [1.807, 2.05) is 12.1 Å². The van der Waals surface area contributed by atoms with Crippen molar-refractivity contribution in [3.8, 4) is 0 Å². The lowest BCUT2D eigenvalue weighted by Gasteiger charge is -2.17. The lowest BCUT2D eigenvalue weighted by molar-refractivity contribution is 0.410. The highest BCUT2D eigenvalue weighted by Gasteiger charge is 2.08. The van der Waals surface area contributed by atoms with E-state index < -0.39 is 0 Å². The van der Waals surface area contributed by atoms with Crippen LogP contribution in [0.4, 0.5) is 0 Å². The Kier molecular flexibility index (Phi) is 10.5. The number of hydrogen-bond donors (Lipinski definition) is 0. The lowest BCUT2D eigenvalue weighted by atomic mass is 9.89. The van der Waals surface area contributed by atoms with E-state index in [0.717, 1.165) is 13.0 Å². The summed E-state index contributed by atoms with van der Waals surface area (Å²) < 4.78 is 2.12. The highest BCUT2D eigenvalue weighted by molar-refractivity contribution is 4.92. The van der Waals surface area contributed by atoms with Crippen LogP contribution in [0, 0.1) is 10.8 Å². The maximum Gasteiger partial charge on any atom is 0.0191 e. The molecule has 20 heavy (non-hydrogen) atoms. The van der Waals surface area contributed by atoms with E-state index in [2.05, 4.69) is 85.9 Å².